The van der Waals surface area contributed by atoms with Crippen molar-refractivity contribution in [3.8, 4) is 11.5 Å². The van der Waals surface area contributed by atoms with Crippen LogP contribution in [-0.4, -0.2) is 36.6 Å². The summed E-state index contributed by atoms with van der Waals surface area (Å²) in [5, 5.41) is 23.4. The third kappa shape index (κ3) is 8.46. The van der Waals surface area contributed by atoms with Crippen molar-refractivity contribution in [2.45, 2.75) is 90.8 Å². The molecule has 0 aliphatic heterocycles. The monoisotopic (exact) mass is 501 g/mol. The van der Waals surface area contributed by atoms with Gasteiger partial charge in [-0.1, -0.05) is 45.9 Å². The van der Waals surface area contributed by atoms with E-state index in [0.717, 1.165) is 17.5 Å². The largest absolute Gasteiger partial charge is 0.508 e. The smallest absolute Gasteiger partial charge is 0.310 e. The molecule has 0 radical (unpaired) electrons. The highest BCUT2D eigenvalue weighted by atomic mass is 28.4. The molecule has 2 rings (SSSR count). The third-order valence-corrected chi connectivity index (χ3v) is 11.2. The summed E-state index contributed by atoms with van der Waals surface area (Å²) >= 11 is 0. The molecule has 0 aliphatic rings. The number of ether oxygens (including phenoxy) is 1. The number of carbonyl (C=O) groups is 1. The molecule has 35 heavy (non-hydrogen) atoms. The van der Waals surface area contributed by atoms with E-state index in [0.29, 0.717) is 24.3 Å². The van der Waals surface area contributed by atoms with Crippen LogP contribution in [0.5, 0.6) is 11.5 Å². The van der Waals surface area contributed by atoms with Gasteiger partial charge in [-0.25, -0.2) is 0 Å². The highest BCUT2D eigenvalue weighted by Gasteiger charge is 2.39. The highest BCUT2D eigenvalue weighted by Crippen LogP contribution is 2.40. The Morgan fingerprint density at radius 3 is 2.37 bits per heavy atom. The molecule has 0 fully saturated rings. The molecule has 7 heteroatoms. The molecule has 0 bridgehead atoms. The van der Waals surface area contributed by atoms with Crippen molar-refractivity contribution in [1.29, 1.82) is 0 Å². The zero-order valence-corrected chi connectivity index (χ0v) is 23.6. The van der Waals surface area contributed by atoms with Crippen LogP contribution in [0, 0.1) is 0 Å². The number of carbonyl (C=O) groups excluding carboxylic acids is 1. The fraction of sp³-hybridized carbons (Fsp3) is 0.536. The summed E-state index contributed by atoms with van der Waals surface area (Å²) in [4.78, 5) is 11.7. The molecule has 0 heterocycles. The molecule has 6 nitrogen and oxygen atoms in total. The lowest BCUT2D eigenvalue weighted by Gasteiger charge is -2.40. The number of rotatable bonds is 11. The van der Waals surface area contributed by atoms with E-state index >= 15 is 0 Å². The Kier molecular flexibility index (Phi) is 9.70. The first kappa shape index (κ1) is 29.0. The molecule has 194 valence electrons. The minimum absolute atomic E-state index is 0.0356. The van der Waals surface area contributed by atoms with Gasteiger partial charge in [-0.3, -0.25) is 4.79 Å². The molecule has 0 saturated heterocycles. The number of aromatic hydroxyl groups is 1. The predicted octanol–water partition coefficient (Wildman–Crippen LogP) is 5.87. The van der Waals surface area contributed by atoms with E-state index in [4.69, 9.17) is 9.16 Å². The second-order valence-corrected chi connectivity index (χ2v) is 16.1. The van der Waals surface area contributed by atoms with E-state index in [1.807, 2.05) is 30.3 Å². The zero-order valence-electron chi connectivity index (χ0n) is 22.6. The third-order valence-electron chi connectivity index (χ3n) is 6.72. The van der Waals surface area contributed by atoms with Crippen molar-refractivity contribution in [3.05, 3.63) is 59.2 Å². The number of aliphatic hydroxyl groups excluding tert-OH is 1. The Bertz CT molecular complexity index is 997. The number of aliphatic hydroxyl groups is 1. The molecule has 0 amide bonds. The van der Waals surface area contributed by atoms with Gasteiger partial charge < -0.3 is 24.7 Å². The van der Waals surface area contributed by atoms with Crippen molar-refractivity contribution in [2.75, 3.05) is 6.54 Å². The summed E-state index contributed by atoms with van der Waals surface area (Å²) < 4.78 is 12.2. The summed E-state index contributed by atoms with van der Waals surface area (Å²) in [6, 6.07) is 13.0. The van der Waals surface area contributed by atoms with Gasteiger partial charge in [0.2, 0.25) is 0 Å². The molecule has 1 atom stereocenters. The van der Waals surface area contributed by atoms with Gasteiger partial charge in [-0.2, -0.15) is 0 Å². The van der Waals surface area contributed by atoms with E-state index < -0.39 is 8.32 Å². The fourth-order valence-electron chi connectivity index (χ4n) is 3.56. The van der Waals surface area contributed by atoms with E-state index in [9.17, 15) is 15.0 Å². The van der Waals surface area contributed by atoms with E-state index in [1.165, 1.54) is 0 Å². The van der Waals surface area contributed by atoms with Gasteiger partial charge in [-0.05, 0) is 73.8 Å². The van der Waals surface area contributed by atoms with Crippen molar-refractivity contribution in [1.82, 2.24) is 5.32 Å². The Morgan fingerprint density at radius 2 is 1.77 bits per heavy atom. The first-order chi connectivity index (χ1) is 16.2. The lowest BCUT2D eigenvalue weighted by atomic mass is 9.94. The average Bonchev–Trinajstić information content (AvgIpc) is 2.76. The van der Waals surface area contributed by atoms with E-state index in [-0.39, 0.29) is 35.0 Å². The molecule has 0 aliphatic carbocycles. The molecule has 0 spiro atoms. The topological polar surface area (TPSA) is 88.0 Å². The van der Waals surface area contributed by atoms with Crippen LogP contribution in [0.15, 0.2) is 42.5 Å². The van der Waals surface area contributed by atoms with Gasteiger partial charge in [0.05, 0.1) is 12.7 Å². The molecular formula is C28H43NO5Si. The molecule has 0 aromatic heterocycles. The Hall–Kier alpha value is -2.19. The van der Waals surface area contributed by atoms with Gasteiger partial charge >= 0.3 is 5.97 Å². The van der Waals surface area contributed by atoms with Crippen LogP contribution in [-0.2, 0) is 22.2 Å². The van der Waals surface area contributed by atoms with Crippen LogP contribution in [0.3, 0.4) is 0 Å². The van der Waals surface area contributed by atoms with Gasteiger partial charge in [-0.15, -0.1) is 0 Å². The SMILES string of the molecule is CCC(=O)Oc1cccc(CC(C)(C)NC[C@H](O[Si](C)(C)C(C)(C)C)c2ccc(O)c(CO)c2)c1. The molecule has 0 saturated carbocycles. The highest BCUT2D eigenvalue weighted by molar-refractivity contribution is 6.74. The lowest BCUT2D eigenvalue weighted by molar-refractivity contribution is -0.134. The van der Waals surface area contributed by atoms with Crippen LogP contribution >= 0.6 is 0 Å². The van der Waals surface area contributed by atoms with Crippen molar-refractivity contribution < 1.29 is 24.2 Å². The van der Waals surface area contributed by atoms with Crippen molar-refractivity contribution in [3.63, 3.8) is 0 Å². The van der Waals surface area contributed by atoms with Crippen molar-refractivity contribution >= 4 is 14.3 Å². The molecule has 2 aromatic rings. The number of hydrogen-bond donors (Lipinski definition) is 3. The van der Waals surface area contributed by atoms with Crippen molar-refractivity contribution in [2.24, 2.45) is 0 Å². The van der Waals surface area contributed by atoms with Crippen LogP contribution in [0.1, 0.15) is 70.8 Å². The Morgan fingerprint density at radius 1 is 1.09 bits per heavy atom. The first-order valence-corrected chi connectivity index (χ1v) is 15.2. The molecule has 3 N–H and O–H groups in total. The summed E-state index contributed by atoms with van der Waals surface area (Å²) in [5.41, 5.74) is 2.22. The van der Waals surface area contributed by atoms with Gasteiger partial charge in [0.15, 0.2) is 8.32 Å². The Labute approximate surface area is 211 Å². The summed E-state index contributed by atoms with van der Waals surface area (Å²) in [5.74, 6) is 0.394. The number of nitrogens with one attached hydrogen (secondary N) is 1. The predicted molar refractivity (Wildman–Crippen MR) is 143 cm³/mol. The van der Waals surface area contributed by atoms with Gasteiger partial charge in [0, 0.05) is 24.1 Å². The first-order valence-electron chi connectivity index (χ1n) is 12.3. The summed E-state index contributed by atoms with van der Waals surface area (Å²) in [6.45, 7) is 17.5. The molecule has 2 aromatic carbocycles. The fourth-order valence-corrected chi connectivity index (χ4v) is 4.84. The number of benzene rings is 2. The van der Waals surface area contributed by atoms with E-state index in [1.54, 1.807) is 19.1 Å². The summed E-state index contributed by atoms with van der Waals surface area (Å²) in [6.07, 6.45) is 0.828. The maximum Gasteiger partial charge on any atom is 0.310 e. The van der Waals surface area contributed by atoms with E-state index in [2.05, 4.69) is 53.0 Å². The van der Waals surface area contributed by atoms with Crippen LogP contribution in [0.4, 0.5) is 0 Å². The quantitative estimate of drug-likeness (QED) is 0.203. The van der Waals surface area contributed by atoms with Gasteiger partial charge in [0.1, 0.15) is 11.5 Å². The molecule has 0 unspecified atom stereocenters. The maximum atomic E-state index is 11.7. The van der Waals surface area contributed by atoms with Gasteiger partial charge in [0.25, 0.3) is 0 Å². The standard InChI is InChI=1S/C28H43NO5Si/c1-9-26(32)33-23-12-10-11-20(15-23)17-28(5,6)29-18-25(34-35(7,8)27(2,3)4)21-13-14-24(31)22(16-21)19-30/h10-16,25,29-31H,9,17-19H2,1-8H3/t25-/m0/s1. The minimum Gasteiger partial charge on any atom is -0.508 e. The Balaban J connectivity index is 2.23. The van der Waals surface area contributed by atoms with Crippen LogP contribution in [0.25, 0.3) is 0 Å². The summed E-state index contributed by atoms with van der Waals surface area (Å²) in [7, 11) is -2.10. The number of phenols is 1. The minimum atomic E-state index is -2.10. The second kappa shape index (κ2) is 11.7. The normalized spacial score (nSPS) is 13.5. The number of hydrogen-bond acceptors (Lipinski definition) is 6. The maximum absolute atomic E-state index is 11.7. The average molecular weight is 502 g/mol. The zero-order chi connectivity index (χ0) is 26.4. The lowest BCUT2D eigenvalue weighted by Crippen LogP contribution is -2.47. The molecular weight excluding hydrogens is 458 g/mol. The second-order valence-electron chi connectivity index (χ2n) is 11.3. The van der Waals surface area contributed by atoms with Crippen LogP contribution in [0.2, 0.25) is 18.1 Å². The van der Waals surface area contributed by atoms with Crippen LogP contribution < -0.4 is 10.1 Å². The number of esters is 1.